The van der Waals surface area contributed by atoms with Gasteiger partial charge in [0, 0.05) is 16.9 Å². The molecule has 0 radical (unpaired) electrons. The molecule has 6 heteroatoms. The first-order chi connectivity index (χ1) is 9.92. The van der Waals surface area contributed by atoms with Crippen LogP contribution in [0.5, 0.6) is 0 Å². The van der Waals surface area contributed by atoms with Gasteiger partial charge in [0.05, 0.1) is 4.47 Å². The molecule has 110 valence electrons. The zero-order valence-corrected chi connectivity index (χ0v) is 13.2. The lowest BCUT2D eigenvalue weighted by Crippen LogP contribution is -2.15. The van der Waals surface area contributed by atoms with Crippen molar-refractivity contribution in [3.8, 4) is 0 Å². The van der Waals surface area contributed by atoms with E-state index in [1.54, 1.807) is 31.2 Å². The molecule has 0 saturated carbocycles. The zero-order valence-electron chi connectivity index (χ0n) is 11.6. The molecule has 0 bridgehead atoms. The average molecular weight is 352 g/mol. The van der Waals surface area contributed by atoms with Crippen LogP contribution in [-0.4, -0.2) is 5.91 Å². The molecular formula is C15H15BrFN3O. The highest BCUT2D eigenvalue weighted by molar-refractivity contribution is 9.10. The number of hydrogen-bond donors (Lipinski definition) is 3. The maximum atomic E-state index is 13.6. The highest BCUT2D eigenvalue weighted by Gasteiger charge is 2.12. The number of anilines is 2. The van der Waals surface area contributed by atoms with Gasteiger partial charge in [0.15, 0.2) is 0 Å². The van der Waals surface area contributed by atoms with Crippen LogP contribution >= 0.6 is 15.9 Å². The minimum atomic E-state index is -0.421. The molecule has 0 unspecified atom stereocenters. The number of rotatable bonds is 3. The minimum absolute atomic E-state index is 0.291. The van der Waals surface area contributed by atoms with Crippen LogP contribution in [0.2, 0.25) is 0 Å². The average Bonchev–Trinajstić information content (AvgIpc) is 2.44. The van der Waals surface area contributed by atoms with E-state index in [1.165, 1.54) is 6.07 Å². The Morgan fingerprint density at radius 2 is 1.90 bits per heavy atom. The number of aryl methyl sites for hydroxylation is 2. The summed E-state index contributed by atoms with van der Waals surface area (Å²) >= 11 is 3.11. The second kappa shape index (κ2) is 6.24. The normalized spacial score (nSPS) is 10.3. The van der Waals surface area contributed by atoms with Gasteiger partial charge in [-0.1, -0.05) is 0 Å². The van der Waals surface area contributed by atoms with E-state index in [4.69, 9.17) is 5.84 Å². The standard InChI is InChI=1S/C15H15BrFN3O/c1-8-5-10(20-18)3-4-11(8)15(21)19-14-7-13(17)12(16)6-9(14)2/h3-7,20H,18H2,1-2H3,(H,19,21). The maximum Gasteiger partial charge on any atom is 0.255 e. The van der Waals surface area contributed by atoms with Crippen molar-refractivity contribution >= 4 is 33.2 Å². The van der Waals surface area contributed by atoms with Crippen LogP contribution in [0.15, 0.2) is 34.8 Å². The van der Waals surface area contributed by atoms with Crippen LogP contribution in [0.3, 0.4) is 0 Å². The van der Waals surface area contributed by atoms with Gasteiger partial charge >= 0.3 is 0 Å². The molecule has 2 aromatic rings. The van der Waals surface area contributed by atoms with Crippen LogP contribution in [0.1, 0.15) is 21.5 Å². The smallest absolute Gasteiger partial charge is 0.255 e. The molecule has 21 heavy (non-hydrogen) atoms. The SMILES string of the molecule is Cc1cc(Br)c(F)cc1NC(=O)c1ccc(NN)cc1C. The number of carbonyl (C=O) groups excluding carboxylic acids is 1. The number of nitrogens with two attached hydrogens (primary N) is 1. The van der Waals surface area contributed by atoms with Crippen molar-refractivity contribution in [1.29, 1.82) is 0 Å². The molecule has 0 spiro atoms. The van der Waals surface area contributed by atoms with E-state index in [-0.39, 0.29) is 5.91 Å². The summed E-state index contributed by atoms with van der Waals surface area (Å²) in [6, 6.07) is 8.06. The van der Waals surface area contributed by atoms with Crippen LogP contribution in [0, 0.1) is 19.7 Å². The fraction of sp³-hybridized carbons (Fsp3) is 0.133. The molecule has 0 aromatic heterocycles. The number of nitrogens with one attached hydrogen (secondary N) is 2. The highest BCUT2D eigenvalue weighted by atomic mass is 79.9. The quantitative estimate of drug-likeness (QED) is 0.582. The van der Waals surface area contributed by atoms with E-state index in [2.05, 4.69) is 26.7 Å². The predicted octanol–water partition coefficient (Wildman–Crippen LogP) is 3.74. The third kappa shape index (κ3) is 3.40. The number of nitrogen functional groups attached to an aromatic ring is 1. The van der Waals surface area contributed by atoms with E-state index in [9.17, 15) is 9.18 Å². The Hall–Kier alpha value is -1.92. The molecule has 1 amide bonds. The van der Waals surface area contributed by atoms with Gasteiger partial charge in [-0.15, -0.1) is 0 Å². The molecule has 0 saturated heterocycles. The highest BCUT2D eigenvalue weighted by Crippen LogP contribution is 2.25. The van der Waals surface area contributed by atoms with Gasteiger partial charge in [-0.2, -0.15) is 0 Å². The van der Waals surface area contributed by atoms with Crippen molar-refractivity contribution in [3.63, 3.8) is 0 Å². The third-order valence-corrected chi connectivity index (χ3v) is 3.76. The Balaban J connectivity index is 2.28. The Labute approximate surface area is 130 Å². The number of halogens is 2. The van der Waals surface area contributed by atoms with Crippen molar-refractivity contribution in [2.75, 3.05) is 10.7 Å². The molecule has 2 rings (SSSR count). The van der Waals surface area contributed by atoms with Gasteiger partial charge in [0.25, 0.3) is 5.91 Å². The summed E-state index contributed by atoms with van der Waals surface area (Å²) in [6.07, 6.45) is 0. The molecule has 2 aromatic carbocycles. The third-order valence-electron chi connectivity index (χ3n) is 3.15. The molecule has 4 N–H and O–H groups in total. The number of amides is 1. The Morgan fingerprint density at radius 3 is 2.52 bits per heavy atom. The van der Waals surface area contributed by atoms with Gasteiger partial charge in [-0.05, 0) is 71.2 Å². The molecule has 0 aliphatic carbocycles. The zero-order chi connectivity index (χ0) is 15.6. The molecule has 0 atom stereocenters. The minimum Gasteiger partial charge on any atom is -0.324 e. The second-order valence-corrected chi connectivity index (χ2v) is 5.56. The Morgan fingerprint density at radius 1 is 1.19 bits per heavy atom. The first-order valence-corrected chi connectivity index (χ1v) is 7.06. The Kier molecular flexibility index (Phi) is 4.59. The summed E-state index contributed by atoms with van der Waals surface area (Å²) < 4.78 is 13.9. The largest absolute Gasteiger partial charge is 0.324 e. The first kappa shape index (κ1) is 15.5. The van der Waals surface area contributed by atoms with Gasteiger partial charge in [-0.3, -0.25) is 10.6 Å². The van der Waals surface area contributed by atoms with Crippen molar-refractivity contribution in [2.45, 2.75) is 13.8 Å². The van der Waals surface area contributed by atoms with E-state index in [0.717, 1.165) is 16.8 Å². The maximum absolute atomic E-state index is 13.6. The molecular weight excluding hydrogens is 337 g/mol. The number of carbonyl (C=O) groups is 1. The number of benzene rings is 2. The van der Waals surface area contributed by atoms with Crippen LogP contribution in [0.4, 0.5) is 15.8 Å². The first-order valence-electron chi connectivity index (χ1n) is 6.26. The summed E-state index contributed by atoms with van der Waals surface area (Å²) in [5.41, 5.74) is 5.74. The lowest BCUT2D eigenvalue weighted by molar-refractivity contribution is 0.102. The van der Waals surface area contributed by atoms with Gasteiger partial charge in [0.1, 0.15) is 5.82 Å². The van der Waals surface area contributed by atoms with E-state index >= 15 is 0 Å². The van der Waals surface area contributed by atoms with Crippen molar-refractivity contribution in [3.05, 3.63) is 57.3 Å². The van der Waals surface area contributed by atoms with Crippen molar-refractivity contribution in [1.82, 2.24) is 0 Å². The summed E-state index contributed by atoms with van der Waals surface area (Å²) in [5.74, 6) is 4.61. The molecule has 0 aliphatic heterocycles. The molecule has 0 fully saturated rings. The van der Waals surface area contributed by atoms with E-state index < -0.39 is 5.82 Å². The monoisotopic (exact) mass is 351 g/mol. The lowest BCUT2D eigenvalue weighted by atomic mass is 10.1. The Bertz CT molecular complexity index is 704. The number of hydrogen-bond acceptors (Lipinski definition) is 3. The summed E-state index contributed by atoms with van der Waals surface area (Å²) in [7, 11) is 0. The molecule has 0 heterocycles. The summed E-state index contributed by atoms with van der Waals surface area (Å²) in [6.45, 7) is 3.61. The fourth-order valence-electron chi connectivity index (χ4n) is 1.98. The van der Waals surface area contributed by atoms with E-state index in [1.807, 2.05) is 6.92 Å². The number of hydrazine groups is 1. The van der Waals surface area contributed by atoms with Crippen LogP contribution < -0.4 is 16.6 Å². The predicted molar refractivity (Wildman–Crippen MR) is 85.8 cm³/mol. The van der Waals surface area contributed by atoms with Gasteiger partial charge < -0.3 is 10.7 Å². The summed E-state index contributed by atoms with van der Waals surface area (Å²) in [5, 5.41) is 2.72. The van der Waals surface area contributed by atoms with Crippen LogP contribution in [0.25, 0.3) is 0 Å². The van der Waals surface area contributed by atoms with Gasteiger partial charge in [-0.25, -0.2) is 4.39 Å². The summed E-state index contributed by atoms with van der Waals surface area (Å²) in [4.78, 5) is 12.3. The molecule has 4 nitrogen and oxygen atoms in total. The topological polar surface area (TPSA) is 67.2 Å². The lowest BCUT2D eigenvalue weighted by Gasteiger charge is -2.12. The van der Waals surface area contributed by atoms with Crippen LogP contribution in [-0.2, 0) is 0 Å². The second-order valence-electron chi connectivity index (χ2n) is 4.71. The van der Waals surface area contributed by atoms with Gasteiger partial charge in [0.2, 0.25) is 0 Å². The van der Waals surface area contributed by atoms with E-state index in [0.29, 0.717) is 15.7 Å². The fourth-order valence-corrected chi connectivity index (χ4v) is 2.44. The molecule has 0 aliphatic rings. The van der Waals surface area contributed by atoms with Crippen molar-refractivity contribution in [2.24, 2.45) is 5.84 Å². The van der Waals surface area contributed by atoms with Crippen molar-refractivity contribution < 1.29 is 9.18 Å².